The van der Waals surface area contributed by atoms with E-state index >= 15 is 0 Å². The second kappa shape index (κ2) is 5.85. The van der Waals surface area contributed by atoms with E-state index in [1.165, 1.54) is 5.56 Å². The Labute approximate surface area is 99.8 Å². The molecule has 0 spiro atoms. The van der Waals surface area contributed by atoms with Crippen molar-refractivity contribution in [3.8, 4) is 0 Å². The lowest BCUT2D eigenvalue weighted by molar-refractivity contribution is -0.0158. The normalized spacial score (nSPS) is 23.1. The van der Waals surface area contributed by atoms with Gasteiger partial charge in [0.15, 0.2) is 0 Å². The molecule has 1 aliphatic rings. The van der Waals surface area contributed by atoms with E-state index in [0.717, 1.165) is 32.7 Å². The molecule has 84 valence electrons. The number of hydrogen-bond donors (Lipinski definition) is 0. The predicted octanol–water partition coefficient (Wildman–Crippen LogP) is 2.23. The van der Waals surface area contributed by atoms with Crippen LogP contribution in [0.1, 0.15) is 5.56 Å². The molecule has 4 heteroatoms. The Hall–Kier alpha value is -0.0900. The molecule has 0 aromatic carbocycles. The molecule has 0 N–H and O–H groups in total. The molecule has 2 nitrogen and oxygen atoms in total. The standard InChI is InChI=1S/C11H16ClNOS/c12-7-11-8-13(4-5-14-11)3-1-10-2-6-15-9-10/h2,6,9,11H,1,3-5,7-8H2. The molecule has 1 saturated heterocycles. The van der Waals surface area contributed by atoms with Crippen molar-refractivity contribution in [2.75, 3.05) is 32.1 Å². The zero-order valence-electron chi connectivity index (χ0n) is 8.69. The van der Waals surface area contributed by atoms with E-state index in [1.54, 1.807) is 11.3 Å². The quantitative estimate of drug-likeness (QED) is 0.755. The largest absolute Gasteiger partial charge is 0.374 e. The van der Waals surface area contributed by atoms with Gasteiger partial charge < -0.3 is 4.74 Å². The van der Waals surface area contributed by atoms with Gasteiger partial charge in [0, 0.05) is 25.5 Å². The number of hydrogen-bond acceptors (Lipinski definition) is 3. The third kappa shape index (κ3) is 3.45. The molecule has 1 aromatic heterocycles. The Morgan fingerprint density at radius 2 is 2.53 bits per heavy atom. The summed E-state index contributed by atoms with van der Waals surface area (Å²) in [5.74, 6) is 0.606. The van der Waals surface area contributed by atoms with E-state index in [4.69, 9.17) is 16.3 Å². The van der Waals surface area contributed by atoms with Gasteiger partial charge in [-0.25, -0.2) is 0 Å². The second-order valence-corrected chi connectivity index (χ2v) is 4.92. The summed E-state index contributed by atoms with van der Waals surface area (Å²) >= 11 is 7.56. The van der Waals surface area contributed by atoms with Crippen molar-refractivity contribution in [3.05, 3.63) is 22.4 Å². The highest BCUT2D eigenvalue weighted by atomic mass is 35.5. The predicted molar refractivity (Wildman–Crippen MR) is 64.9 cm³/mol. The smallest absolute Gasteiger partial charge is 0.0837 e. The van der Waals surface area contributed by atoms with E-state index in [1.807, 2.05) is 0 Å². The first kappa shape index (κ1) is 11.4. The Bertz CT molecular complexity index is 278. The average molecular weight is 246 g/mol. The molecule has 1 aliphatic heterocycles. The van der Waals surface area contributed by atoms with Crippen molar-refractivity contribution < 1.29 is 4.74 Å². The van der Waals surface area contributed by atoms with Gasteiger partial charge in [0.05, 0.1) is 12.7 Å². The van der Waals surface area contributed by atoms with Crippen LogP contribution in [-0.2, 0) is 11.2 Å². The molecule has 1 aromatic rings. The molecule has 1 atom stereocenters. The van der Waals surface area contributed by atoms with Gasteiger partial charge in [-0.05, 0) is 28.8 Å². The summed E-state index contributed by atoms with van der Waals surface area (Å²) in [5.41, 5.74) is 1.44. The highest BCUT2D eigenvalue weighted by Gasteiger charge is 2.18. The Morgan fingerprint density at radius 1 is 1.60 bits per heavy atom. The second-order valence-electron chi connectivity index (χ2n) is 3.83. The van der Waals surface area contributed by atoms with Crippen LogP contribution in [0, 0.1) is 0 Å². The first-order valence-electron chi connectivity index (χ1n) is 5.29. The minimum absolute atomic E-state index is 0.225. The molecule has 0 aliphatic carbocycles. The lowest BCUT2D eigenvalue weighted by Crippen LogP contribution is -2.43. The Balaban J connectivity index is 1.74. The van der Waals surface area contributed by atoms with E-state index in [2.05, 4.69) is 21.7 Å². The zero-order valence-corrected chi connectivity index (χ0v) is 10.3. The van der Waals surface area contributed by atoms with E-state index in [-0.39, 0.29) is 6.10 Å². The first-order valence-corrected chi connectivity index (χ1v) is 6.77. The molecular formula is C11H16ClNOS. The molecule has 1 fully saturated rings. The zero-order chi connectivity index (χ0) is 10.5. The summed E-state index contributed by atoms with van der Waals surface area (Å²) in [4.78, 5) is 2.44. The summed E-state index contributed by atoms with van der Waals surface area (Å²) in [6.45, 7) is 3.96. The first-order chi connectivity index (χ1) is 7.38. The van der Waals surface area contributed by atoms with Crippen molar-refractivity contribution >= 4 is 22.9 Å². The molecule has 0 saturated carbocycles. The maximum atomic E-state index is 5.80. The molecule has 0 bridgehead atoms. The van der Waals surface area contributed by atoms with Crippen LogP contribution in [0.5, 0.6) is 0 Å². The van der Waals surface area contributed by atoms with Crippen molar-refractivity contribution in [1.82, 2.24) is 4.90 Å². The molecule has 0 amide bonds. The Kier molecular flexibility index (Phi) is 4.44. The van der Waals surface area contributed by atoms with Gasteiger partial charge in [0.2, 0.25) is 0 Å². The van der Waals surface area contributed by atoms with Crippen LogP contribution in [0.4, 0.5) is 0 Å². The highest BCUT2D eigenvalue weighted by Crippen LogP contribution is 2.10. The fourth-order valence-electron chi connectivity index (χ4n) is 1.80. The summed E-state index contributed by atoms with van der Waals surface area (Å²) < 4.78 is 5.52. The minimum atomic E-state index is 0.225. The van der Waals surface area contributed by atoms with Crippen LogP contribution in [-0.4, -0.2) is 43.1 Å². The van der Waals surface area contributed by atoms with Crippen molar-refractivity contribution in [2.45, 2.75) is 12.5 Å². The van der Waals surface area contributed by atoms with Gasteiger partial charge in [-0.1, -0.05) is 0 Å². The molecule has 1 unspecified atom stereocenters. The molecule has 2 rings (SSSR count). The van der Waals surface area contributed by atoms with Gasteiger partial charge in [-0.2, -0.15) is 11.3 Å². The maximum absolute atomic E-state index is 5.80. The van der Waals surface area contributed by atoms with Crippen LogP contribution in [0.3, 0.4) is 0 Å². The van der Waals surface area contributed by atoms with Gasteiger partial charge in [0.1, 0.15) is 0 Å². The molecule has 15 heavy (non-hydrogen) atoms. The number of alkyl halides is 1. The number of rotatable bonds is 4. The summed E-state index contributed by atoms with van der Waals surface area (Å²) in [7, 11) is 0. The van der Waals surface area contributed by atoms with Crippen molar-refractivity contribution in [1.29, 1.82) is 0 Å². The van der Waals surface area contributed by atoms with Crippen LogP contribution in [0.15, 0.2) is 16.8 Å². The number of morpholine rings is 1. The average Bonchev–Trinajstić information content (AvgIpc) is 2.79. The lowest BCUT2D eigenvalue weighted by atomic mass is 10.2. The van der Waals surface area contributed by atoms with E-state index in [9.17, 15) is 0 Å². The summed E-state index contributed by atoms with van der Waals surface area (Å²) in [6.07, 6.45) is 1.36. The highest BCUT2D eigenvalue weighted by molar-refractivity contribution is 7.07. The van der Waals surface area contributed by atoms with Crippen molar-refractivity contribution in [3.63, 3.8) is 0 Å². The Morgan fingerprint density at radius 3 is 3.27 bits per heavy atom. The lowest BCUT2D eigenvalue weighted by Gasteiger charge is -2.31. The van der Waals surface area contributed by atoms with Gasteiger partial charge in [-0.15, -0.1) is 11.6 Å². The number of halogens is 1. The molecule has 2 heterocycles. The van der Waals surface area contributed by atoms with Crippen LogP contribution >= 0.6 is 22.9 Å². The summed E-state index contributed by atoms with van der Waals surface area (Å²) in [6, 6.07) is 2.20. The van der Waals surface area contributed by atoms with E-state index < -0.39 is 0 Å². The third-order valence-electron chi connectivity index (χ3n) is 2.69. The molecular weight excluding hydrogens is 230 g/mol. The topological polar surface area (TPSA) is 12.5 Å². The van der Waals surface area contributed by atoms with Crippen LogP contribution in [0.25, 0.3) is 0 Å². The monoisotopic (exact) mass is 245 g/mol. The SMILES string of the molecule is ClCC1CN(CCc2ccsc2)CCO1. The number of thiophene rings is 1. The maximum Gasteiger partial charge on any atom is 0.0837 e. The number of ether oxygens (including phenoxy) is 1. The summed E-state index contributed by atoms with van der Waals surface area (Å²) in [5, 5.41) is 4.36. The van der Waals surface area contributed by atoms with Crippen LogP contribution in [0.2, 0.25) is 0 Å². The van der Waals surface area contributed by atoms with Crippen molar-refractivity contribution in [2.24, 2.45) is 0 Å². The minimum Gasteiger partial charge on any atom is -0.374 e. The molecule has 0 radical (unpaired) electrons. The number of nitrogens with zero attached hydrogens (tertiary/aromatic N) is 1. The van der Waals surface area contributed by atoms with Gasteiger partial charge >= 0.3 is 0 Å². The third-order valence-corrected chi connectivity index (χ3v) is 3.77. The fourth-order valence-corrected chi connectivity index (χ4v) is 2.69. The van der Waals surface area contributed by atoms with Gasteiger partial charge in [-0.3, -0.25) is 4.90 Å². The van der Waals surface area contributed by atoms with E-state index in [0.29, 0.717) is 5.88 Å². The van der Waals surface area contributed by atoms with Crippen LogP contribution < -0.4 is 0 Å². The van der Waals surface area contributed by atoms with Gasteiger partial charge in [0.25, 0.3) is 0 Å². The fraction of sp³-hybridized carbons (Fsp3) is 0.636.